The van der Waals surface area contributed by atoms with Gasteiger partial charge in [-0.1, -0.05) is 0 Å². The number of rotatable bonds is 2. The van der Waals surface area contributed by atoms with Gasteiger partial charge in [-0.05, 0) is 0 Å². The first-order valence-electron chi connectivity index (χ1n) is 3.51. The highest BCUT2D eigenvalue weighted by Crippen LogP contribution is 2.20. The molecule has 0 atom stereocenters. The number of alkyl halides is 2. The van der Waals surface area contributed by atoms with Crippen LogP contribution in [0.5, 0.6) is 0 Å². The first-order valence-corrected chi connectivity index (χ1v) is 3.51. The third-order valence-electron chi connectivity index (χ3n) is 1.64. The number of hydrogen-bond donors (Lipinski definition) is 0. The SMILES string of the molecule is CC(F)(F)CN1CC(C#N)C1. The van der Waals surface area contributed by atoms with Crippen molar-refractivity contribution < 1.29 is 8.78 Å². The van der Waals surface area contributed by atoms with Crippen molar-refractivity contribution >= 4 is 0 Å². The average molecular weight is 160 g/mol. The summed E-state index contributed by atoms with van der Waals surface area (Å²) in [5.74, 6) is -2.65. The molecular formula is C7H10F2N2. The highest BCUT2D eigenvalue weighted by Gasteiger charge is 2.33. The Morgan fingerprint density at radius 2 is 2.18 bits per heavy atom. The van der Waals surface area contributed by atoms with Crippen LogP contribution in [0.2, 0.25) is 0 Å². The second-order valence-corrected chi connectivity index (χ2v) is 3.09. The highest BCUT2D eigenvalue weighted by molar-refractivity contribution is 4.95. The zero-order valence-electron chi connectivity index (χ0n) is 6.35. The van der Waals surface area contributed by atoms with Crippen molar-refractivity contribution in [2.45, 2.75) is 12.8 Å². The molecule has 0 spiro atoms. The van der Waals surface area contributed by atoms with Crippen molar-refractivity contribution in [2.24, 2.45) is 5.92 Å². The molecule has 1 saturated heterocycles. The number of halogens is 2. The van der Waals surface area contributed by atoms with E-state index in [2.05, 4.69) is 0 Å². The van der Waals surface area contributed by atoms with Crippen molar-refractivity contribution in [3.63, 3.8) is 0 Å². The van der Waals surface area contributed by atoms with Crippen molar-refractivity contribution in [1.29, 1.82) is 5.26 Å². The molecule has 0 saturated carbocycles. The van der Waals surface area contributed by atoms with Crippen LogP contribution in [0.15, 0.2) is 0 Å². The topological polar surface area (TPSA) is 27.0 Å². The lowest BCUT2D eigenvalue weighted by Crippen LogP contribution is -2.50. The Hall–Kier alpha value is -0.690. The third kappa shape index (κ3) is 2.43. The predicted molar refractivity (Wildman–Crippen MR) is 36.2 cm³/mol. The Morgan fingerprint density at radius 3 is 2.55 bits per heavy atom. The standard InChI is InChI=1S/C7H10F2N2/c1-7(8,9)5-11-3-6(2-10)4-11/h6H,3-5H2,1H3. The van der Waals surface area contributed by atoms with Crippen molar-refractivity contribution in [3.8, 4) is 6.07 Å². The van der Waals surface area contributed by atoms with Crippen molar-refractivity contribution in [1.82, 2.24) is 4.90 Å². The maximum absolute atomic E-state index is 12.3. The van der Waals surface area contributed by atoms with E-state index in [9.17, 15) is 8.78 Å². The first-order chi connectivity index (χ1) is 5.01. The van der Waals surface area contributed by atoms with E-state index >= 15 is 0 Å². The van der Waals surface area contributed by atoms with Crippen molar-refractivity contribution in [2.75, 3.05) is 19.6 Å². The molecule has 62 valence electrons. The molecule has 0 N–H and O–H groups in total. The molecule has 0 amide bonds. The van der Waals surface area contributed by atoms with Crippen LogP contribution < -0.4 is 0 Å². The van der Waals surface area contributed by atoms with Crippen LogP contribution in [0.3, 0.4) is 0 Å². The molecule has 1 fully saturated rings. The molecule has 0 unspecified atom stereocenters. The Bertz CT molecular complexity index is 174. The maximum atomic E-state index is 12.3. The molecule has 11 heavy (non-hydrogen) atoms. The van der Waals surface area contributed by atoms with E-state index in [1.807, 2.05) is 6.07 Å². The van der Waals surface area contributed by atoms with Gasteiger partial charge in [-0.2, -0.15) is 5.26 Å². The smallest absolute Gasteiger partial charge is 0.257 e. The van der Waals surface area contributed by atoms with E-state index in [1.54, 1.807) is 4.90 Å². The number of nitriles is 1. The van der Waals surface area contributed by atoms with Crippen LogP contribution in [-0.2, 0) is 0 Å². The fourth-order valence-corrected chi connectivity index (χ4v) is 1.17. The second kappa shape index (κ2) is 2.74. The molecule has 4 heteroatoms. The molecule has 2 nitrogen and oxygen atoms in total. The van der Waals surface area contributed by atoms with E-state index in [1.165, 1.54) is 0 Å². The molecule has 1 aliphatic rings. The lowest BCUT2D eigenvalue weighted by Gasteiger charge is -2.36. The Kier molecular flexibility index (Phi) is 2.10. The number of likely N-dealkylation sites (tertiary alicyclic amines) is 1. The second-order valence-electron chi connectivity index (χ2n) is 3.09. The summed E-state index contributed by atoms with van der Waals surface area (Å²) in [6.45, 7) is 1.68. The van der Waals surface area contributed by atoms with Gasteiger partial charge in [0.15, 0.2) is 0 Å². The van der Waals surface area contributed by atoms with Gasteiger partial charge in [0.05, 0.1) is 18.5 Å². The van der Waals surface area contributed by atoms with Crippen LogP contribution in [0.4, 0.5) is 8.78 Å². The lowest BCUT2D eigenvalue weighted by atomic mass is 10.0. The zero-order valence-corrected chi connectivity index (χ0v) is 6.35. The van der Waals surface area contributed by atoms with E-state index in [-0.39, 0.29) is 12.5 Å². The lowest BCUT2D eigenvalue weighted by molar-refractivity contribution is -0.0386. The zero-order chi connectivity index (χ0) is 8.48. The Balaban J connectivity index is 2.20. The molecule has 1 aliphatic heterocycles. The number of hydrogen-bond acceptors (Lipinski definition) is 2. The van der Waals surface area contributed by atoms with E-state index in [0.717, 1.165) is 6.92 Å². The summed E-state index contributed by atoms with van der Waals surface area (Å²) in [4.78, 5) is 1.59. The molecular weight excluding hydrogens is 150 g/mol. The predicted octanol–water partition coefficient (Wildman–Crippen LogP) is 1.10. The van der Waals surface area contributed by atoms with Crippen LogP contribution >= 0.6 is 0 Å². The van der Waals surface area contributed by atoms with Crippen LogP contribution in [0, 0.1) is 17.2 Å². The van der Waals surface area contributed by atoms with Gasteiger partial charge in [-0.15, -0.1) is 0 Å². The van der Waals surface area contributed by atoms with Crippen LogP contribution in [0.1, 0.15) is 6.92 Å². The van der Waals surface area contributed by atoms with E-state index in [0.29, 0.717) is 13.1 Å². The van der Waals surface area contributed by atoms with Gasteiger partial charge >= 0.3 is 0 Å². The van der Waals surface area contributed by atoms with Crippen LogP contribution in [0.25, 0.3) is 0 Å². The summed E-state index contributed by atoms with van der Waals surface area (Å²) < 4.78 is 24.6. The largest absolute Gasteiger partial charge is 0.295 e. The van der Waals surface area contributed by atoms with Gasteiger partial charge in [-0.3, -0.25) is 4.90 Å². The normalized spacial score (nSPS) is 20.9. The fraction of sp³-hybridized carbons (Fsp3) is 0.857. The Morgan fingerprint density at radius 1 is 1.64 bits per heavy atom. The molecule has 0 aliphatic carbocycles. The van der Waals surface area contributed by atoms with E-state index < -0.39 is 5.92 Å². The average Bonchev–Trinajstić information content (AvgIpc) is 1.75. The summed E-state index contributed by atoms with van der Waals surface area (Å²) in [5.41, 5.74) is 0. The quantitative estimate of drug-likeness (QED) is 0.604. The highest BCUT2D eigenvalue weighted by atomic mass is 19.3. The molecule has 0 aromatic carbocycles. The van der Waals surface area contributed by atoms with Crippen molar-refractivity contribution in [3.05, 3.63) is 0 Å². The minimum absolute atomic E-state index is 0.0302. The molecule has 1 heterocycles. The van der Waals surface area contributed by atoms with E-state index in [4.69, 9.17) is 5.26 Å². The van der Waals surface area contributed by atoms with Gasteiger partial charge < -0.3 is 0 Å². The molecule has 0 aromatic rings. The van der Waals surface area contributed by atoms with Gasteiger partial charge in [0.25, 0.3) is 5.92 Å². The molecule has 0 aromatic heterocycles. The van der Waals surface area contributed by atoms with Gasteiger partial charge in [0.1, 0.15) is 0 Å². The summed E-state index contributed by atoms with van der Waals surface area (Å²) in [7, 11) is 0. The minimum Gasteiger partial charge on any atom is -0.295 e. The van der Waals surface area contributed by atoms with Crippen LogP contribution in [-0.4, -0.2) is 30.5 Å². The fourth-order valence-electron chi connectivity index (χ4n) is 1.17. The van der Waals surface area contributed by atoms with Gasteiger partial charge in [-0.25, -0.2) is 8.78 Å². The summed E-state index contributed by atoms with van der Waals surface area (Å²) in [5, 5.41) is 8.34. The summed E-state index contributed by atoms with van der Waals surface area (Å²) in [6.07, 6.45) is 0. The Labute approximate surface area is 64.4 Å². The minimum atomic E-state index is -2.62. The van der Waals surface area contributed by atoms with Gasteiger partial charge in [0.2, 0.25) is 0 Å². The maximum Gasteiger partial charge on any atom is 0.257 e. The molecule has 1 rings (SSSR count). The first kappa shape index (κ1) is 8.41. The summed E-state index contributed by atoms with van der Waals surface area (Å²) >= 11 is 0. The summed E-state index contributed by atoms with van der Waals surface area (Å²) in [6, 6.07) is 2.03. The monoisotopic (exact) mass is 160 g/mol. The van der Waals surface area contributed by atoms with Gasteiger partial charge in [0, 0.05) is 20.0 Å². The molecule has 0 radical (unpaired) electrons. The molecule has 0 bridgehead atoms. The number of nitrogens with zero attached hydrogens (tertiary/aromatic N) is 2. The third-order valence-corrected chi connectivity index (χ3v) is 1.64.